The van der Waals surface area contributed by atoms with Gasteiger partial charge >= 0.3 is 0 Å². The van der Waals surface area contributed by atoms with E-state index in [1.807, 2.05) is 19.9 Å². The molecule has 6 heteroatoms. The van der Waals surface area contributed by atoms with Crippen LogP contribution in [0.5, 0.6) is 0 Å². The Morgan fingerprint density at radius 2 is 1.76 bits per heavy atom. The molecule has 0 radical (unpaired) electrons. The lowest BCUT2D eigenvalue weighted by molar-refractivity contribution is 0.585. The first-order valence-electron chi connectivity index (χ1n) is 6.42. The molecule has 2 aromatic rings. The lowest BCUT2D eigenvalue weighted by atomic mass is 10.1. The monoisotopic (exact) mass is 308 g/mol. The number of halogens is 1. The van der Waals surface area contributed by atoms with Crippen LogP contribution in [0, 0.1) is 19.7 Å². The topological polar surface area (TPSA) is 72.2 Å². The number of hydrogen-bond donors (Lipinski definition) is 2. The first kappa shape index (κ1) is 15.5. The maximum Gasteiger partial charge on any atom is 0.262 e. The van der Waals surface area contributed by atoms with Crippen molar-refractivity contribution in [1.82, 2.24) is 0 Å². The van der Waals surface area contributed by atoms with Gasteiger partial charge in [-0.25, -0.2) is 12.8 Å². The molecule has 0 bridgehead atoms. The Balaban J connectivity index is 2.46. The summed E-state index contributed by atoms with van der Waals surface area (Å²) in [6.45, 7) is 3.56. The van der Waals surface area contributed by atoms with Gasteiger partial charge in [0, 0.05) is 17.8 Å². The zero-order chi connectivity index (χ0) is 15.6. The van der Waals surface area contributed by atoms with E-state index in [-0.39, 0.29) is 17.0 Å². The molecule has 0 aliphatic carbocycles. The Morgan fingerprint density at radius 3 is 2.33 bits per heavy atom. The molecule has 0 saturated heterocycles. The minimum atomic E-state index is -3.88. The second-order valence-corrected chi connectivity index (χ2v) is 6.55. The van der Waals surface area contributed by atoms with Crippen LogP contribution >= 0.6 is 0 Å². The van der Waals surface area contributed by atoms with Crippen molar-refractivity contribution in [3.63, 3.8) is 0 Å². The van der Waals surface area contributed by atoms with Crippen molar-refractivity contribution in [2.75, 3.05) is 4.72 Å². The first-order chi connectivity index (χ1) is 9.83. The van der Waals surface area contributed by atoms with E-state index < -0.39 is 15.8 Å². The van der Waals surface area contributed by atoms with Crippen molar-refractivity contribution in [3.05, 3.63) is 58.9 Å². The van der Waals surface area contributed by atoms with Gasteiger partial charge in [0.05, 0.1) is 4.90 Å². The summed E-state index contributed by atoms with van der Waals surface area (Å²) in [6.07, 6.45) is 0. The van der Waals surface area contributed by atoms with Crippen LogP contribution in [-0.2, 0) is 16.6 Å². The number of nitrogens with one attached hydrogen (secondary N) is 1. The highest BCUT2D eigenvalue weighted by molar-refractivity contribution is 7.92. The van der Waals surface area contributed by atoms with E-state index in [1.165, 1.54) is 18.2 Å². The number of rotatable bonds is 4. The summed E-state index contributed by atoms with van der Waals surface area (Å²) in [6, 6.07) is 9.25. The van der Waals surface area contributed by atoms with Crippen LogP contribution in [-0.4, -0.2) is 8.42 Å². The average molecular weight is 308 g/mol. The molecule has 3 N–H and O–H groups in total. The van der Waals surface area contributed by atoms with E-state index in [2.05, 4.69) is 4.72 Å². The van der Waals surface area contributed by atoms with Gasteiger partial charge in [-0.3, -0.25) is 4.72 Å². The van der Waals surface area contributed by atoms with Crippen LogP contribution in [0.2, 0.25) is 0 Å². The van der Waals surface area contributed by atoms with Crippen LogP contribution in [0.1, 0.15) is 16.7 Å². The van der Waals surface area contributed by atoms with Crippen LogP contribution in [0.25, 0.3) is 0 Å². The molecule has 0 heterocycles. The third-order valence-corrected chi connectivity index (χ3v) is 4.51. The third-order valence-electron chi connectivity index (χ3n) is 3.04. The van der Waals surface area contributed by atoms with Crippen LogP contribution in [0.3, 0.4) is 0 Å². The Bertz CT molecular complexity index is 753. The summed E-state index contributed by atoms with van der Waals surface area (Å²) >= 11 is 0. The fourth-order valence-corrected chi connectivity index (χ4v) is 3.53. The van der Waals surface area contributed by atoms with Gasteiger partial charge in [0.2, 0.25) is 0 Å². The summed E-state index contributed by atoms with van der Waals surface area (Å²) in [5, 5.41) is 0. The Morgan fingerprint density at radius 1 is 1.14 bits per heavy atom. The Labute approximate surface area is 123 Å². The van der Waals surface area contributed by atoms with Crippen molar-refractivity contribution in [1.29, 1.82) is 0 Å². The van der Waals surface area contributed by atoms with Gasteiger partial charge in [-0.2, -0.15) is 0 Å². The van der Waals surface area contributed by atoms with Crippen LogP contribution in [0.4, 0.5) is 10.1 Å². The number of benzene rings is 2. The third kappa shape index (κ3) is 3.40. The minimum absolute atomic E-state index is 0.0191. The van der Waals surface area contributed by atoms with Gasteiger partial charge in [-0.15, -0.1) is 0 Å². The second kappa shape index (κ2) is 5.83. The minimum Gasteiger partial charge on any atom is -0.326 e. The standard InChI is InChI=1S/C15H17FN2O2S/c1-10-6-11(2)8-12(7-10)18-21(19,20)15-5-3-4-14(16)13(15)9-17/h3-8,18H,9,17H2,1-2H3. The van der Waals surface area contributed by atoms with Crippen molar-refractivity contribution in [2.24, 2.45) is 5.73 Å². The molecular formula is C15H17FN2O2S. The zero-order valence-electron chi connectivity index (χ0n) is 11.9. The van der Waals surface area contributed by atoms with Gasteiger partial charge in [0.15, 0.2) is 0 Å². The predicted molar refractivity (Wildman–Crippen MR) is 81.0 cm³/mol. The molecule has 0 atom stereocenters. The Kier molecular flexibility index (Phi) is 4.29. The highest BCUT2D eigenvalue weighted by Gasteiger charge is 2.20. The molecule has 0 unspecified atom stereocenters. The van der Waals surface area contributed by atoms with Gasteiger partial charge in [-0.1, -0.05) is 12.1 Å². The summed E-state index contributed by atoms with van der Waals surface area (Å²) in [7, 11) is -3.88. The summed E-state index contributed by atoms with van der Waals surface area (Å²) in [4.78, 5) is -0.135. The zero-order valence-corrected chi connectivity index (χ0v) is 12.7. The molecule has 21 heavy (non-hydrogen) atoms. The lowest BCUT2D eigenvalue weighted by Crippen LogP contribution is -2.17. The Hall–Kier alpha value is -1.92. The van der Waals surface area contributed by atoms with Crippen LogP contribution < -0.4 is 10.5 Å². The molecule has 4 nitrogen and oxygen atoms in total. The SMILES string of the molecule is Cc1cc(C)cc(NS(=O)(=O)c2cccc(F)c2CN)c1. The first-order valence-corrected chi connectivity index (χ1v) is 7.90. The number of anilines is 1. The van der Waals surface area contributed by atoms with E-state index in [4.69, 9.17) is 5.73 Å². The molecule has 0 spiro atoms. The smallest absolute Gasteiger partial charge is 0.262 e. The molecular weight excluding hydrogens is 291 g/mol. The molecule has 0 fully saturated rings. The molecule has 2 aromatic carbocycles. The quantitative estimate of drug-likeness (QED) is 0.912. The number of nitrogens with two attached hydrogens (primary N) is 1. The highest BCUT2D eigenvalue weighted by Crippen LogP contribution is 2.23. The fourth-order valence-electron chi connectivity index (χ4n) is 2.23. The van der Waals surface area contributed by atoms with Crippen molar-refractivity contribution < 1.29 is 12.8 Å². The maximum atomic E-state index is 13.7. The van der Waals surface area contributed by atoms with Gasteiger partial charge in [0.1, 0.15) is 5.82 Å². The van der Waals surface area contributed by atoms with E-state index in [0.29, 0.717) is 5.69 Å². The van der Waals surface area contributed by atoms with Crippen molar-refractivity contribution in [2.45, 2.75) is 25.3 Å². The summed E-state index contributed by atoms with van der Waals surface area (Å²) in [5.41, 5.74) is 7.75. The average Bonchev–Trinajstić information content (AvgIpc) is 2.36. The normalized spacial score (nSPS) is 11.4. The summed E-state index contributed by atoms with van der Waals surface area (Å²) < 4.78 is 41.0. The number of hydrogen-bond acceptors (Lipinski definition) is 3. The molecule has 0 aromatic heterocycles. The molecule has 112 valence electrons. The van der Waals surface area contributed by atoms with E-state index in [1.54, 1.807) is 12.1 Å². The maximum absolute atomic E-state index is 13.7. The second-order valence-electron chi connectivity index (χ2n) is 4.90. The van der Waals surface area contributed by atoms with Crippen molar-refractivity contribution in [3.8, 4) is 0 Å². The molecule has 2 rings (SSSR count). The highest BCUT2D eigenvalue weighted by atomic mass is 32.2. The summed E-state index contributed by atoms with van der Waals surface area (Å²) in [5.74, 6) is -0.624. The van der Waals surface area contributed by atoms with E-state index >= 15 is 0 Å². The van der Waals surface area contributed by atoms with Gasteiger partial charge in [-0.05, 0) is 49.2 Å². The lowest BCUT2D eigenvalue weighted by Gasteiger charge is -2.13. The number of aryl methyl sites for hydroxylation is 2. The van der Waals surface area contributed by atoms with Gasteiger partial charge < -0.3 is 5.73 Å². The number of sulfonamides is 1. The van der Waals surface area contributed by atoms with Gasteiger partial charge in [0.25, 0.3) is 10.0 Å². The molecule has 0 aliphatic heterocycles. The van der Waals surface area contributed by atoms with E-state index in [9.17, 15) is 12.8 Å². The largest absolute Gasteiger partial charge is 0.326 e. The van der Waals surface area contributed by atoms with Crippen molar-refractivity contribution >= 4 is 15.7 Å². The predicted octanol–water partition coefficient (Wildman–Crippen LogP) is 2.70. The molecule has 0 amide bonds. The molecule has 0 saturated carbocycles. The fraction of sp³-hybridized carbons (Fsp3) is 0.200. The molecule has 0 aliphatic rings. The van der Waals surface area contributed by atoms with E-state index in [0.717, 1.165) is 11.1 Å². The van der Waals surface area contributed by atoms with Crippen LogP contribution in [0.15, 0.2) is 41.3 Å².